The van der Waals surface area contributed by atoms with Gasteiger partial charge in [0.15, 0.2) is 0 Å². The summed E-state index contributed by atoms with van der Waals surface area (Å²) < 4.78 is 0. The number of aliphatic hydroxyl groups is 1. The Kier molecular flexibility index (Phi) is 4.94. The highest BCUT2D eigenvalue weighted by atomic mass is 32.2. The van der Waals surface area contributed by atoms with Gasteiger partial charge in [-0.15, -0.1) is 11.8 Å². The van der Waals surface area contributed by atoms with Gasteiger partial charge >= 0.3 is 0 Å². The van der Waals surface area contributed by atoms with Crippen LogP contribution in [0.15, 0.2) is 53.7 Å². The van der Waals surface area contributed by atoms with Crippen molar-refractivity contribution >= 4 is 11.8 Å². The molecule has 1 atom stereocenters. The number of aromatic nitrogens is 1. The highest BCUT2D eigenvalue weighted by molar-refractivity contribution is 7.99. The molecule has 3 rings (SSSR count). The minimum absolute atomic E-state index is 0.590. The third-order valence-electron chi connectivity index (χ3n) is 4.03. The van der Waals surface area contributed by atoms with Crippen LogP contribution in [0.1, 0.15) is 49.3 Å². The standard InChI is InChI=1S/C18H21NOS/c20-18(14-7-3-1-4-8-14)15-11-12-17(19-13-15)21-16-9-5-2-6-10-16/h1,3-4,7-8,11-13,16,18,20H,2,5-6,9-10H2. The van der Waals surface area contributed by atoms with Gasteiger partial charge < -0.3 is 5.11 Å². The molecule has 2 aromatic rings. The van der Waals surface area contributed by atoms with E-state index in [1.807, 2.05) is 60.4 Å². The molecule has 1 heterocycles. The molecule has 2 nitrogen and oxygen atoms in total. The Balaban J connectivity index is 1.66. The van der Waals surface area contributed by atoms with Crippen LogP contribution >= 0.6 is 11.8 Å². The predicted molar refractivity (Wildman–Crippen MR) is 87.5 cm³/mol. The minimum atomic E-state index is -0.590. The van der Waals surface area contributed by atoms with Gasteiger partial charge in [0.25, 0.3) is 0 Å². The molecule has 1 saturated carbocycles. The Morgan fingerprint density at radius 1 is 0.952 bits per heavy atom. The molecule has 1 aromatic heterocycles. The zero-order valence-electron chi connectivity index (χ0n) is 12.1. The Labute approximate surface area is 130 Å². The number of thioether (sulfide) groups is 1. The lowest BCUT2D eigenvalue weighted by atomic mass is 10.0. The van der Waals surface area contributed by atoms with Gasteiger partial charge in [0.05, 0.1) is 5.03 Å². The van der Waals surface area contributed by atoms with Gasteiger partial charge in [0.2, 0.25) is 0 Å². The normalized spacial score (nSPS) is 17.6. The van der Waals surface area contributed by atoms with Crippen LogP contribution in [0.2, 0.25) is 0 Å². The van der Waals surface area contributed by atoms with Crippen LogP contribution in [0.5, 0.6) is 0 Å². The van der Waals surface area contributed by atoms with Crippen molar-refractivity contribution in [3.63, 3.8) is 0 Å². The van der Waals surface area contributed by atoms with Crippen molar-refractivity contribution < 1.29 is 5.11 Å². The molecule has 1 unspecified atom stereocenters. The van der Waals surface area contributed by atoms with Crippen LogP contribution in [0, 0.1) is 0 Å². The monoisotopic (exact) mass is 299 g/mol. The average molecular weight is 299 g/mol. The highest BCUT2D eigenvalue weighted by Crippen LogP contribution is 2.33. The van der Waals surface area contributed by atoms with Gasteiger partial charge in [-0.3, -0.25) is 0 Å². The maximum absolute atomic E-state index is 10.4. The van der Waals surface area contributed by atoms with Gasteiger partial charge in [0.1, 0.15) is 6.10 Å². The minimum Gasteiger partial charge on any atom is -0.384 e. The molecule has 1 aliphatic carbocycles. The second-order valence-corrected chi connectivity index (χ2v) is 6.94. The molecule has 0 saturated heterocycles. The van der Waals surface area contributed by atoms with E-state index in [2.05, 4.69) is 4.98 Å². The zero-order valence-corrected chi connectivity index (χ0v) is 12.9. The smallest absolute Gasteiger partial charge is 0.106 e. The molecule has 0 radical (unpaired) electrons. The fraction of sp³-hybridized carbons (Fsp3) is 0.389. The SMILES string of the molecule is OC(c1ccccc1)c1ccc(SC2CCCCC2)nc1. The predicted octanol–water partition coefficient (Wildman–Crippen LogP) is 4.59. The molecule has 0 bridgehead atoms. The molecule has 1 fully saturated rings. The van der Waals surface area contributed by atoms with E-state index in [1.54, 1.807) is 0 Å². The highest BCUT2D eigenvalue weighted by Gasteiger charge is 2.16. The first kappa shape index (κ1) is 14.6. The Hall–Kier alpha value is -1.32. The van der Waals surface area contributed by atoms with Crippen LogP contribution in [-0.4, -0.2) is 15.3 Å². The molecule has 3 heteroatoms. The fourth-order valence-electron chi connectivity index (χ4n) is 2.80. The summed E-state index contributed by atoms with van der Waals surface area (Å²) in [6.45, 7) is 0. The summed E-state index contributed by atoms with van der Waals surface area (Å²) in [7, 11) is 0. The maximum Gasteiger partial charge on any atom is 0.106 e. The van der Waals surface area contributed by atoms with Gasteiger partial charge in [-0.25, -0.2) is 4.98 Å². The molecule has 0 aliphatic heterocycles. The lowest BCUT2D eigenvalue weighted by Crippen LogP contribution is -2.08. The first-order chi connectivity index (χ1) is 10.3. The van der Waals surface area contributed by atoms with E-state index in [9.17, 15) is 5.11 Å². The van der Waals surface area contributed by atoms with Crippen molar-refractivity contribution in [2.45, 2.75) is 48.5 Å². The summed E-state index contributed by atoms with van der Waals surface area (Å²) in [6, 6.07) is 13.8. The molecule has 0 amide bonds. The van der Waals surface area contributed by atoms with Gasteiger partial charge in [-0.05, 0) is 24.5 Å². The van der Waals surface area contributed by atoms with E-state index in [1.165, 1.54) is 32.1 Å². The molecule has 1 aromatic carbocycles. The van der Waals surface area contributed by atoms with Gasteiger partial charge in [-0.1, -0.05) is 55.7 Å². The number of pyridine rings is 1. The molecule has 21 heavy (non-hydrogen) atoms. The molecular formula is C18H21NOS. The molecule has 1 aliphatic rings. The maximum atomic E-state index is 10.4. The van der Waals surface area contributed by atoms with Crippen LogP contribution in [0.4, 0.5) is 0 Å². The quantitative estimate of drug-likeness (QED) is 0.896. The summed E-state index contributed by atoms with van der Waals surface area (Å²) >= 11 is 1.89. The van der Waals surface area contributed by atoms with E-state index in [4.69, 9.17) is 0 Å². The van der Waals surface area contributed by atoms with Gasteiger partial charge in [0, 0.05) is 17.0 Å². The average Bonchev–Trinajstić information content (AvgIpc) is 2.57. The van der Waals surface area contributed by atoms with E-state index in [0.717, 1.165) is 21.4 Å². The first-order valence-electron chi connectivity index (χ1n) is 7.68. The third kappa shape index (κ3) is 3.86. The van der Waals surface area contributed by atoms with E-state index >= 15 is 0 Å². The summed E-state index contributed by atoms with van der Waals surface area (Å²) in [5.74, 6) is 0. The molecule has 110 valence electrons. The van der Waals surface area contributed by atoms with Crippen LogP contribution < -0.4 is 0 Å². The molecular weight excluding hydrogens is 278 g/mol. The first-order valence-corrected chi connectivity index (χ1v) is 8.56. The second-order valence-electron chi connectivity index (χ2n) is 5.62. The molecule has 1 N–H and O–H groups in total. The van der Waals surface area contributed by atoms with Crippen LogP contribution in [0.3, 0.4) is 0 Å². The summed E-state index contributed by atoms with van der Waals surface area (Å²) in [4.78, 5) is 4.52. The Morgan fingerprint density at radius 3 is 2.38 bits per heavy atom. The number of hydrogen-bond acceptors (Lipinski definition) is 3. The van der Waals surface area contributed by atoms with E-state index in [0.29, 0.717) is 0 Å². The third-order valence-corrected chi connectivity index (χ3v) is 5.32. The molecule has 0 spiro atoms. The summed E-state index contributed by atoms with van der Waals surface area (Å²) in [5.41, 5.74) is 1.76. The fourth-order valence-corrected chi connectivity index (χ4v) is 3.98. The topological polar surface area (TPSA) is 33.1 Å². The number of rotatable bonds is 4. The Morgan fingerprint density at radius 2 is 1.71 bits per heavy atom. The van der Waals surface area contributed by atoms with Crippen molar-refractivity contribution in [2.75, 3.05) is 0 Å². The van der Waals surface area contributed by atoms with Crippen molar-refractivity contribution in [1.82, 2.24) is 4.98 Å². The number of nitrogens with zero attached hydrogens (tertiary/aromatic N) is 1. The summed E-state index contributed by atoms with van der Waals surface area (Å²) in [5, 5.41) is 12.2. The van der Waals surface area contributed by atoms with Crippen molar-refractivity contribution in [3.05, 3.63) is 59.8 Å². The largest absolute Gasteiger partial charge is 0.384 e. The lowest BCUT2D eigenvalue weighted by molar-refractivity contribution is 0.219. The summed E-state index contributed by atoms with van der Waals surface area (Å²) in [6.07, 6.45) is 7.91. The Bertz CT molecular complexity index is 549. The lowest BCUT2D eigenvalue weighted by Gasteiger charge is -2.20. The van der Waals surface area contributed by atoms with Crippen molar-refractivity contribution in [1.29, 1.82) is 0 Å². The number of aliphatic hydroxyl groups excluding tert-OH is 1. The van der Waals surface area contributed by atoms with E-state index in [-0.39, 0.29) is 0 Å². The van der Waals surface area contributed by atoms with Crippen molar-refractivity contribution in [3.8, 4) is 0 Å². The number of hydrogen-bond donors (Lipinski definition) is 1. The van der Waals surface area contributed by atoms with Gasteiger partial charge in [-0.2, -0.15) is 0 Å². The van der Waals surface area contributed by atoms with E-state index < -0.39 is 6.10 Å². The van der Waals surface area contributed by atoms with Crippen LogP contribution in [-0.2, 0) is 0 Å². The zero-order chi connectivity index (χ0) is 14.5. The second kappa shape index (κ2) is 7.10. The van der Waals surface area contributed by atoms with Crippen LogP contribution in [0.25, 0.3) is 0 Å². The number of benzene rings is 1. The van der Waals surface area contributed by atoms with Crippen molar-refractivity contribution in [2.24, 2.45) is 0 Å².